The molecule has 0 saturated carbocycles. The van der Waals surface area contributed by atoms with E-state index in [2.05, 4.69) is 5.32 Å². The molecule has 0 aliphatic rings. The maximum Gasteiger partial charge on any atom is 0.304 e. The zero-order valence-electron chi connectivity index (χ0n) is 8.44. The van der Waals surface area contributed by atoms with Gasteiger partial charge in [-0.15, -0.1) is 0 Å². The van der Waals surface area contributed by atoms with Gasteiger partial charge >= 0.3 is 5.97 Å². The molecule has 0 atom stereocenters. The van der Waals surface area contributed by atoms with Crippen molar-refractivity contribution in [3.05, 3.63) is 29.8 Å². The van der Waals surface area contributed by atoms with E-state index >= 15 is 0 Å². The number of benzene rings is 1. The van der Waals surface area contributed by atoms with E-state index in [4.69, 9.17) is 5.11 Å². The minimum Gasteiger partial charge on any atom is -0.508 e. The fraction of sp³-hybridized carbons (Fsp3) is 0.364. The van der Waals surface area contributed by atoms with E-state index in [9.17, 15) is 9.90 Å². The first-order valence-corrected chi connectivity index (χ1v) is 4.89. The van der Waals surface area contributed by atoms with E-state index in [1.165, 1.54) is 0 Å². The molecule has 82 valence electrons. The van der Waals surface area contributed by atoms with Gasteiger partial charge in [0.1, 0.15) is 5.75 Å². The fourth-order valence-electron chi connectivity index (χ4n) is 1.27. The second kappa shape index (κ2) is 6.03. The summed E-state index contributed by atoms with van der Waals surface area (Å²) in [5.41, 5.74) is 1.04. The number of carboxylic acids is 1. The van der Waals surface area contributed by atoms with Crippen molar-refractivity contribution in [2.45, 2.75) is 12.8 Å². The third-order valence-electron chi connectivity index (χ3n) is 2.02. The maximum absolute atomic E-state index is 10.2. The number of carbonyl (C=O) groups is 1. The van der Waals surface area contributed by atoms with E-state index in [0.29, 0.717) is 6.54 Å². The standard InChI is InChI=1S/C11H15NO3/c13-10-3-1-2-9(8-10)4-6-12-7-5-11(14)15/h1-3,8,12-13H,4-7H2,(H,14,15). The second-order valence-electron chi connectivity index (χ2n) is 3.31. The van der Waals surface area contributed by atoms with Crippen LogP contribution in [0, 0.1) is 0 Å². The number of hydrogen-bond acceptors (Lipinski definition) is 3. The average molecular weight is 209 g/mol. The number of aliphatic carboxylic acids is 1. The van der Waals surface area contributed by atoms with E-state index in [1.807, 2.05) is 6.07 Å². The predicted octanol–water partition coefficient (Wildman–Crippen LogP) is 0.999. The lowest BCUT2D eigenvalue weighted by Crippen LogP contribution is -2.20. The van der Waals surface area contributed by atoms with Crippen LogP contribution in [0.2, 0.25) is 0 Å². The number of nitrogens with one attached hydrogen (secondary N) is 1. The monoisotopic (exact) mass is 209 g/mol. The smallest absolute Gasteiger partial charge is 0.304 e. The quantitative estimate of drug-likeness (QED) is 0.611. The summed E-state index contributed by atoms with van der Waals surface area (Å²) in [5.74, 6) is -0.530. The Hall–Kier alpha value is -1.55. The number of hydrogen-bond donors (Lipinski definition) is 3. The van der Waals surface area contributed by atoms with Crippen molar-refractivity contribution in [2.75, 3.05) is 13.1 Å². The third-order valence-corrected chi connectivity index (χ3v) is 2.02. The van der Waals surface area contributed by atoms with Gasteiger partial charge in [-0.1, -0.05) is 12.1 Å². The number of phenolic OH excluding ortho intramolecular Hbond substituents is 1. The molecule has 0 spiro atoms. The molecule has 0 aromatic heterocycles. The maximum atomic E-state index is 10.2. The normalized spacial score (nSPS) is 10.1. The second-order valence-corrected chi connectivity index (χ2v) is 3.31. The number of carboxylic acid groups (broad SMARTS) is 1. The molecule has 0 saturated heterocycles. The zero-order valence-corrected chi connectivity index (χ0v) is 8.44. The fourth-order valence-corrected chi connectivity index (χ4v) is 1.27. The Labute approximate surface area is 88.6 Å². The summed E-state index contributed by atoms with van der Waals surface area (Å²) in [5, 5.41) is 20.6. The van der Waals surface area contributed by atoms with Gasteiger partial charge in [0.05, 0.1) is 6.42 Å². The molecule has 0 unspecified atom stereocenters. The van der Waals surface area contributed by atoms with E-state index in [1.54, 1.807) is 18.2 Å². The van der Waals surface area contributed by atoms with Crippen LogP contribution in [0.5, 0.6) is 5.75 Å². The van der Waals surface area contributed by atoms with Crippen LogP contribution < -0.4 is 5.32 Å². The molecular formula is C11H15NO3. The molecule has 15 heavy (non-hydrogen) atoms. The minimum absolute atomic E-state index is 0.139. The number of rotatable bonds is 6. The minimum atomic E-state index is -0.792. The highest BCUT2D eigenvalue weighted by atomic mass is 16.4. The summed E-state index contributed by atoms with van der Waals surface area (Å²) in [4.78, 5) is 10.2. The van der Waals surface area contributed by atoms with Crippen LogP contribution in [0.3, 0.4) is 0 Å². The molecule has 1 aromatic carbocycles. The van der Waals surface area contributed by atoms with Crippen molar-refractivity contribution in [3.8, 4) is 5.75 Å². The molecule has 1 aromatic rings. The van der Waals surface area contributed by atoms with Crippen LogP contribution in [-0.2, 0) is 11.2 Å². The van der Waals surface area contributed by atoms with Gasteiger partial charge in [0.25, 0.3) is 0 Å². The zero-order chi connectivity index (χ0) is 11.1. The first kappa shape index (κ1) is 11.5. The molecule has 0 aliphatic heterocycles. The molecule has 4 nitrogen and oxygen atoms in total. The third kappa shape index (κ3) is 5.02. The van der Waals surface area contributed by atoms with Gasteiger partial charge in [-0.3, -0.25) is 4.79 Å². The van der Waals surface area contributed by atoms with Crippen LogP contribution in [0.4, 0.5) is 0 Å². The Morgan fingerprint density at radius 2 is 2.13 bits per heavy atom. The molecule has 3 N–H and O–H groups in total. The molecule has 0 radical (unpaired) electrons. The Morgan fingerprint density at radius 3 is 2.80 bits per heavy atom. The van der Waals surface area contributed by atoms with Crippen LogP contribution >= 0.6 is 0 Å². The highest BCUT2D eigenvalue weighted by Crippen LogP contribution is 2.10. The van der Waals surface area contributed by atoms with Gasteiger partial charge in [0.15, 0.2) is 0 Å². The first-order valence-electron chi connectivity index (χ1n) is 4.89. The molecule has 0 bridgehead atoms. The van der Waals surface area contributed by atoms with E-state index in [-0.39, 0.29) is 12.2 Å². The van der Waals surface area contributed by atoms with Gasteiger partial charge in [0.2, 0.25) is 0 Å². The largest absolute Gasteiger partial charge is 0.508 e. The van der Waals surface area contributed by atoms with Gasteiger partial charge < -0.3 is 15.5 Å². The Balaban J connectivity index is 2.17. The summed E-state index contributed by atoms with van der Waals surface area (Å²) in [6, 6.07) is 7.06. The molecule has 1 rings (SSSR count). The van der Waals surface area contributed by atoms with Gasteiger partial charge in [-0.2, -0.15) is 0 Å². The van der Waals surface area contributed by atoms with Crippen molar-refractivity contribution in [2.24, 2.45) is 0 Å². The molecule has 4 heteroatoms. The van der Waals surface area contributed by atoms with E-state index < -0.39 is 5.97 Å². The summed E-state index contributed by atoms with van der Waals surface area (Å²) in [7, 11) is 0. The Morgan fingerprint density at radius 1 is 1.33 bits per heavy atom. The summed E-state index contributed by atoms with van der Waals surface area (Å²) < 4.78 is 0. The van der Waals surface area contributed by atoms with Crippen molar-refractivity contribution >= 4 is 5.97 Å². The Kier molecular flexibility index (Phi) is 4.63. The summed E-state index contributed by atoms with van der Waals surface area (Å²) in [6.45, 7) is 1.20. The number of phenols is 1. The summed E-state index contributed by atoms with van der Waals surface area (Å²) in [6.07, 6.45) is 0.925. The Bertz CT molecular complexity index is 325. The lowest BCUT2D eigenvalue weighted by atomic mass is 10.1. The first-order chi connectivity index (χ1) is 7.18. The highest BCUT2D eigenvalue weighted by molar-refractivity contribution is 5.66. The predicted molar refractivity (Wildman–Crippen MR) is 56.9 cm³/mol. The van der Waals surface area contributed by atoms with Crippen LogP contribution in [0.1, 0.15) is 12.0 Å². The lowest BCUT2D eigenvalue weighted by Gasteiger charge is -2.03. The highest BCUT2D eigenvalue weighted by Gasteiger charge is 1.97. The van der Waals surface area contributed by atoms with Crippen molar-refractivity contribution in [3.63, 3.8) is 0 Å². The van der Waals surface area contributed by atoms with Crippen molar-refractivity contribution in [1.82, 2.24) is 5.32 Å². The van der Waals surface area contributed by atoms with Crippen LogP contribution in [-0.4, -0.2) is 29.3 Å². The topological polar surface area (TPSA) is 69.6 Å². The van der Waals surface area contributed by atoms with Crippen LogP contribution in [0.25, 0.3) is 0 Å². The van der Waals surface area contributed by atoms with E-state index in [0.717, 1.165) is 18.5 Å². The van der Waals surface area contributed by atoms with Crippen LogP contribution in [0.15, 0.2) is 24.3 Å². The molecule has 0 aliphatic carbocycles. The SMILES string of the molecule is O=C(O)CCNCCc1cccc(O)c1. The van der Waals surface area contributed by atoms with Gasteiger partial charge in [0, 0.05) is 6.54 Å². The van der Waals surface area contributed by atoms with Gasteiger partial charge in [-0.05, 0) is 30.7 Å². The molecule has 0 heterocycles. The lowest BCUT2D eigenvalue weighted by molar-refractivity contribution is -0.136. The van der Waals surface area contributed by atoms with Gasteiger partial charge in [-0.25, -0.2) is 0 Å². The van der Waals surface area contributed by atoms with Crippen molar-refractivity contribution < 1.29 is 15.0 Å². The molecule has 0 amide bonds. The van der Waals surface area contributed by atoms with Crippen molar-refractivity contribution in [1.29, 1.82) is 0 Å². The molecular weight excluding hydrogens is 194 g/mol. The summed E-state index contributed by atoms with van der Waals surface area (Å²) >= 11 is 0. The average Bonchev–Trinajstić information content (AvgIpc) is 2.17. The number of aromatic hydroxyl groups is 1. The molecule has 0 fully saturated rings.